The van der Waals surface area contributed by atoms with Crippen molar-refractivity contribution in [2.45, 2.75) is 32.7 Å². The van der Waals surface area contributed by atoms with Crippen LogP contribution in [0.4, 0.5) is 4.39 Å². The van der Waals surface area contributed by atoms with Gasteiger partial charge in [-0.3, -0.25) is 4.79 Å². The van der Waals surface area contributed by atoms with Crippen molar-refractivity contribution in [3.63, 3.8) is 0 Å². The minimum Gasteiger partial charge on any atom is -0.496 e. The number of halogens is 1. The predicted molar refractivity (Wildman–Crippen MR) is 105 cm³/mol. The van der Waals surface area contributed by atoms with Gasteiger partial charge in [-0.25, -0.2) is 9.37 Å². The van der Waals surface area contributed by atoms with E-state index in [2.05, 4.69) is 10.3 Å². The third-order valence-electron chi connectivity index (χ3n) is 4.48. The molecule has 3 aromatic rings. The average molecular weight is 382 g/mol. The van der Waals surface area contributed by atoms with Crippen molar-refractivity contribution < 1.29 is 18.3 Å². The predicted octanol–water partition coefficient (Wildman–Crippen LogP) is 4.61. The Morgan fingerprint density at radius 2 is 2.00 bits per heavy atom. The van der Waals surface area contributed by atoms with E-state index in [1.165, 1.54) is 12.1 Å². The van der Waals surface area contributed by atoms with E-state index in [1.54, 1.807) is 25.4 Å². The van der Waals surface area contributed by atoms with E-state index in [9.17, 15) is 9.18 Å². The van der Waals surface area contributed by atoms with Crippen molar-refractivity contribution in [1.82, 2.24) is 10.3 Å². The maximum atomic E-state index is 13.0. The van der Waals surface area contributed by atoms with Gasteiger partial charge in [0.05, 0.1) is 19.3 Å². The van der Waals surface area contributed by atoms with Crippen molar-refractivity contribution in [2.24, 2.45) is 0 Å². The average Bonchev–Trinajstić information content (AvgIpc) is 3.16. The van der Waals surface area contributed by atoms with E-state index in [0.717, 1.165) is 22.4 Å². The lowest BCUT2D eigenvalue weighted by atomic mass is 10.0. The van der Waals surface area contributed by atoms with Gasteiger partial charge in [-0.1, -0.05) is 17.7 Å². The number of benzene rings is 2. The Kier molecular flexibility index (Phi) is 6.09. The summed E-state index contributed by atoms with van der Waals surface area (Å²) in [6.45, 7) is 3.92. The molecule has 3 rings (SSSR count). The van der Waals surface area contributed by atoms with Gasteiger partial charge in [0.1, 0.15) is 11.6 Å². The molecule has 1 aromatic heterocycles. The molecule has 0 saturated carbocycles. The highest BCUT2D eigenvalue weighted by atomic mass is 19.1. The molecular weight excluding hydrogens is 359 g/mol. The summed E-state index contributed by atoms with van der Waals surface area (Å²) in [5.41, 5.74) is 2.78. The third kappa shape index (κ3) is 4.76. The lowest BCUT2D eigenvalue weighted by molar-refractivity contribution is -0.121. The van der Waals surface area contributed by atoms with E-state index in [0.29, 0.717) is 18.1 Å². The van der Waals surface area contributed by atoms with Crippen LogP contribution in [0.5, 0.6) is 5.75 Å². The number of nitrogens with one attached hydrogen (secondary N) is 1. The van der Waals surface area contributed by atoms with Gasteiger partial charge in [0.25, 0.3) is 0 Å². The fraction of sp³-hybridized carbons (Fsp3) is 0.273. The summed E-state index contributed by atoms with van der Waals surface area (Å²) < 4.78 is 24.1. The molecule has 1 unspecified atom stereocenters. The van der Waals surface area contributed by atoms with Crippen LogP contribution in [0.1, 0.15) is 36.4 Å². The number of amides is 1. The fourth-order valence-electron chi connectivity index (χ4n) is 2.98. The third-order valence-corrected chi connectivity index (χ3v) is 4.48. The molecular formula is C22H23FN2O3. The van der Waals surface area contributed by atoms with Crippen LogP contribution in [0, 0.1) is 12.7 Å². The highest BCUT2D eigenvalue weighted by Crippen LogP contribution is 2.26. The highest BCUT2D eigenvalue weighted by Gasteiger charge is 2.15. The second-order valence-corrected chi connectivity index (χ2v) is 6.66. The summed E-state index contributed by atoms with van der Waals surface area (Å²) >= 11 is 0. The molecule has 0 fully saturated rings. The van der Waals surface area contributed by atoms with Crippen LogP contribution in [-0.4, -0.2) is 18.0 Å². The molecule has 5 nitrogen and oxygen atoms in total. The Morgan fingerprint density at radius 1 is 1.25 bits per heavy atom. The van der Waals surface area contributed by atoms with Gasteiger partial charge >= 0.3 is 0 Å². The molecule has 1 N–H and O–H groups in total. The normalized spacial score (nSPS) is 11.9. The smallest absolute Gasteiger partial charge is 0.220 e. The van der Waals surface area contributed by atoms with Crippen LogP contribution in [0.3, 0.4) is 0 Å². The largest absolute Gasteiger partial charge is 0.496 e. The molecule has 6 heteroatoms. The SMILES string of the molecule is COc1ccc(C)cc1C(C)NC(=O)CCc1ncc(-c2ccc(F)cc2)o1. The van der Waals surface area contributed by atoms with Crippen LogP contribution >= 0.6 is 0 Å². The van der Waals surface area contributed by atoms with E-state index in [1.807, 2.05) is 32.0 Å². The van der Waals surface area contributed by atoms with E-state index in [4.69, 9.17) is 9.15 Å². The lowest BCUT2D eigenvalue weighted by Gasteiger charge is -2.18. The Labute approximate surface area is 163 Å². The second-order valence-electron chi connectivity index (χ2n) is 6.66. The first-order valence-corrected chi connectivity index (χ1v) is 9.11. The molecule has 28 heavy (non-hydrogen) atoms. The molecule has 0 spiro atoms. The Balaban J connectivity index is 1.57. The number of aromatic nitrogens is 1. The van der Waals surface area contributed by atoms with Gasteiger partial charge in [-0.05, 0) is 44.2 Å². The maximum absolute atomic E-state index is 13.0. The van der Waals surface area contributed by atoms with Crippen LogP contribution in [0.2, 0.25) is 0 Å². The summed E-state index contributed by atoms with van der Waals surface area (Å²) in [7, 11) is 1.62. The number of aryl methyl sites for hydroxylation is 2. The Bertz CT molecular complexity index is 951. The van der Waals surface area contributed by atoms with Gasteiger partial charge in [-0.15, -0.1) is 0 Å². The van der Waals surface area contributed by atoms with Crippen LogP contribution < -0.4 is 10.1 Å². The van der Waals surface area contributed by atoms with Gasteiger partial charge in [0.15, 0.2) is 11.7 Å². The molecule has 1 atom stereocenters. The first-order valence-electron chi connectivity index (χ1n) is 9.11. The van der Waals surface area contributed by atoms with Crippen LogP contribution in [0.15, 0.2) is 53.1 Å². The van der Waals surface area contributed by atoms with Crippen molar-refractivity contribution in [3.05, 3.63) is 71.5 Å². The number of oxazole rings is 1. The lowest BCUT2D eigenvalue weighted by Crippen LogP contribution is -2.27. The van der Waals surface area contributed by atoms with Crippen molar-refractivity contribution in [1.29, 1.82) is 0 Å². The van der Waals surface area contributed by atoms with Crippen LogP contribution in [0.25, 0.3) is 11.3 Å². The number of rotatable bonds is 7. The summed E-state index contributed by atoms with van der Waals surface area (Å²) in [5.74, 6) is 1.36. The van der Waals surface area contributed by atoms with Gasteiger partial charge in [0.2, 0.25) is 5.91 Å². The zero-order valence-electron chi connectivity index (χ0n) is 16.2. The Morgan fingerprint density at radius 3 is 2.71 bits per heavy atom. The van der Waals surface area contributed by atoms with Gasteiger partial charge in [0, 0.05) is 24.0 Å². The highest BCUT2D eigenvalue weighted by molar-refractivity contribution is 5.76. The van der Waals surface area contributed by atoms with Crippen molar-refractivity contribution >= 4 is 5.91 Å². The first kappa shape index (κ1) is 19.6. The fourth-order valence-corrected chi connectivity index (χ4v) is 2.98. The molecule has 0 bridgehead atoms. The van der Waals surface area contributed by atoms with Gasteiger partial charge in [-0.2, -0.15) is 0 Å². The number of nitrogens with zero attached hydrogens (tertiary/aromatic N) is 1. The van der Waals surface area contributed by atoms with E-state index < -0.39 is 0 Å². The number of methoxy groups -OCH3 is 1. The number of hydrogen-bond acceptors (Lipinski definition) is 4. The molecule has 0 saturated heterocycles. The molecule has 0 aliphatic carbocycles. The zero-order valence-corrected chi connectivity index (χ0v) is 16.2. The monoisotopic (exact) mass is 382 g/mol. The molecule has 146 valence electrons. The van der Waals surface area contributed by atoms with Crippen molar-refractivity contribution in [2.75, 3.05) is 7.11 Å². The molecule has 0 aliphatic rings. The van der Waals surface area contributed by atoms with E-state index >= 15 is 0 Å². The molecule has 1 heterocycles. The molecule has 0 aliphatic heterocycles. The summed E-state index contributed by atoms with van der Waals surface area (Å²) in [5, 5.41) is 2.98. The quantitative estimate of drug-likeness (QED) is 0.648. The number of carbonyl (C=O) groups is 1. The minimum atomic E-state index is -0.306. The number of hydrogen-bond donors (Lipinski definition) is 1. The molecule has 1 amide bonds. The number of carbonyl (C=O) groups excluding carboxylic acids is 1. The van der Waals surface area contributed by atoms with Crippen LogP contribution in [-0.2, 0) is 11.2 Å². The van der Waals surface area contributed by atoms with Gasteiger partial charge < -0.3 is 14.5 Å². The molecule has 0 radical (unpaired) electrons. The summed E-state index contributed by atoms with van der Waals surface area (Å²) in [6.07, 6.45) is 2.22. The topological polar surface area (TPSA) is 64.4 Å². The second kappa shape index (κ2) is 8.69. The summed E-state index contributed by atoms with van der Waals surface area (Å²) in [6, 6.07) is 11.7. The maximum Gasteiger partial charge on any atom is 0.220 e. The minimum absolute atomic E-state index is 0.0995. The van der Waals surface area contributed by atoms with E-state index in [-0.39, 0.29) is 24.2 Å². The first-order chi connectivity index (χ1) is 13.5. The summed E-state index contributed by atoms with van der Waals surface area (Å²) in [4.78, 5) is 16.5. The standard InChI is InChI=1S/C22H23FN2O3/c1-14-4-9-19(27-3)18(12-14)15(2)25-21(26)10-11-22-24-13-20(28-22)16-5-7-17(23)8-6-16/h4-9,12-13,15H,10-11H2,1-3H3,(H,25,26). The Hall–Kier alpha value is -3.15. The number of ether oxygens (including phenoxy) is 1. The van der Waals surface area contributed by atoms with Crippen molar-refractivity contribution in [3.8, 4) is 17.1 Å². The zero-order chi connectivity index (χ0) is 20.1. The molecule has 2 aromatic carbocycles.